The van der Waals surface area contributed by atoms with Crippen molar-refractivity contribution >= 4 is 45.4 Å². The molecule has 3 rings (SSSR count). The summed E-state index contributed by atoms with van der Waals surface area (Å²) in [5.41, 5.74) is 2.51. The minimum absolute atomic E-state index is 0.401. The molecule has 23 heavy (non-hydrogen) atoms. The molecule has 3 heterocycles. The van der Waals surface area contributed by atoms with Gasteiger partial charge in [-0.2, -0.15) is 5.26 Å². The highest BCUT2D eigenvalue weighted by molar-refractivity contribution is 7.20. The van der Waals surface area contributed by atoms with Gasteiger partial charge in [-0.3, -0.25) is 4.98 Å². The van der Waals surface area contributed by atoms with E-state index >= 15 is 0 Å². The third-order valence-electron chi connectivity index (χ3n) is 3.24. The van der Waals surface area contributed by atoms with Gasteiger partial charge in [-0.25, -0.2) is 4.98 Å². The van der Waals surface area contributed by atoms with Crippen molar-refractivity contribution in [3.8, 4) is 16.5 Å². The first-order valence-corrected chi connectivity index (χ1v) is 8.19. The van der Waals surface area contributed by atoms with Crippen LogP contribution in [-0.2, 0) is 0 Å². The molecule has 4 nitrogen and oxygen atoms in total. The van der Waals surface area contributed by atoms with Crippen molar-refractivity contribution in [1.29, 1.82) is 5.26 Å². The molecule has 0 saturated carbocycles. The first kappa shape index (κ1) is 15.8. The molecule has 0 aliphatic rings. The lowest BCUT2D eigenvalue weighted by molar-refractivity contribution is 1.31. The van der Waals surface area contributed by atoms with E-state index < -0.39 is 0 Å². The summed E-state index contributed by atoms with van der Waals surface area (Å²) < 4.78 is 0. The monoisotopic (exact) mass is 360 g/mol. The van der Waals surface area contributed by atoms with Crippen LogP contribution in [0.3, 0.4) is 0 Å². The molecule has 7 heteroatoms. The molecule has 0 aliphatic carbocycles. The van der Waals surface area contributed by atoms with Gasteiger partial charge >= 0.3 is 0 Å². The van der Waals surface area contributed by atoms with E-state index in [0.29, 0.717) is 26.4 Å². The van der Waals surface area contributed by atoms with Crippen LogP contribution in [0.5, 0.6) is 0 Å². The van der Waals surface area contributed by atoms with Gasteiger partial charge in [0, 0.05) is 23.5 Å². The van der Waals surface area contributed by atoms with E-state index in [1.54, 1.807) is 18.5 Å². The Kier molecular flexibility index (Phi) is 4.49. The Morgan fingerprint density at radius 2 is 2.00 bits per heavy atom. The maximum atomic E-state index is 9.48. The number of nitriles is 1. The van der Waals surface area contributed by atoms with Crippen molar-refractivity contribution in [1.82, 2.24) is 9.97 Å². The first-order chi connectivity index (χ1) is 11.1. The second-order valence-corrected chi connectivity index (χ2v) is 6.58. The average molecular weight is 361 g/mol. The van der Waals surface area contributed by atoms with E-state index in [9.17, 15) is 5.26 Å². The third kappa shape index (κ3) is 3.15. The fourth-order valence-electron chi connectivity index (χ4n) is 2.13. The molecule has 1 N–H and O–H groups in total. The van der Waals surface area contributed by atoms with Gasteiger partial charge in [0.15, 0.2) is 0 Å². The summed E-state index contributed by atoms with van der Waals surface area (Å²) >= 11 is 13.5. The zero-order valence-electron chi connectivity index (χ0n) is 12.0. The number of thiophene rings is 1. The van der Waals surface area contributed by atoms with Gasteiger partial charge < -0.3 is 5.32 Å². The molecule has 0 amide bonds. The third-order valence-corrected chi connectivity index (χ3v) is 4.99. The zero-order chi connectivity index (χ0) is 16.4. The second-order valence-electron chi connectivity index (χ2n) is 4.72. The van der Waals surface area contributed by atoms with Crippen molar-refractivity contribution in [2.45, 2.75) is 6.92 Å². The fraction of sp³-hybridized carbons (Fsp3) is 0.0625. The molecule has 0 radical (unpaired) electrons. The van der Waals surface area contributed by atoms with E-state index in [0.717, 1.165) is 16.0 Å². The summed E-state index contributed by atoms with van der Waals surface area (Å²) in [4.78, 5) is 9.20. The lowest BCUT2D eigenvalue weighted by atomic mass is 10.1. The predicted octanol–water partition coefficient (Wildman–Crippen LogP) is 5.44. The highest BCUT2D eigenvalue weighted by Gasteiger charge is 2.17. The van der Waals surface area contributed by atoms with Crippen molar-refractivity contribution in [2.24, 2.45) is 0 Å². The lowest BCUT2D eigenvalue weighted by Gasteiger charge is -2.05. The topological polar surface area (TPSA) is 61.6 Å². The molecule has 0 fully saturated rings. The van der Waals surface area contributed by atoms with Crippen molar-refractivity contribution in [2.75, 3.05) is 5.32 Å². The molecular formula is C16H10Cl2N4S. The Morgan fingerprint density at radius 3 is 2.65 bits per heavy atom. The van der Waals surface area contributed by atoms with Crippen LogP contribution in [0.2, 0.25) is 10.0 Å². The molecule has 0 spiro atoms. The molecular weight excluding hydrogens is 351 g/mol. The number of nitrogens with one attached hydrogen (secondary N) is 1. The normalized spacial score (nSPS) is 10.3. The number of hydrogen-bond donors (Lipinski definition) is 1. The van der Waals surface area contributed by atoms with E-state index in [1.165, 1.54) is 17.5 Å². The number of hydrogen-bond acceptors (Lipinski definition) is 5. The summed E-state index contributed by atoms with van der Waals surface area (Å²) in [5, 5.41) is 14.2. The van der Waals surface area contributed by atoms with E-state index in [4.69, 9.17) is 23.2 Å². The summed E-state index contributed by atoms with van der Waals surface area (Å²) in [7, 11) is 0. The molecule has 3 aromatic heterocycles. The SMILES string of the molecule is Cc1c(-c2ccncc2)sc(Nc2ncc(Cl)cc2Cl)c1C#N. The van der Waals surface area contributed by atoms with Crippen LogP contribution in [0.4, 0.5) is 10.8 Å². The molecule has 0 aliphatic heterocycles. The maximum Gasteiger partial charge on any atom is 0.149 e. The Hall–Kier alpha value is -2.13. The van der Waals surface area contributed by atoms with E-state index in [2.05, 4.69) is 21.4 Å². The molecule has 0 saturated heterocycles. The van der Waals surface area contributed by atoms with Crippen molar-refractivity contribution in [3.05, 3.63) is 58.0 Å². The van der Waals surface area contributed by atoms with E-state index in [-0.39, 0.29) is 0 Å². The molecule has 0 atom stereocenters. The molecule has 0 aromatic carbocycles. The summed E-state index contributed by atoms with van der Waals surface area (Å²) in [6, 6.07) is 7.67. The average Bonchev–Trinajstić information content (AvgIpc) is 2.86. The first-order valence-electron chi connectivity index (χ1n) is 6.62. The van der Waals surface area contributed by atoms with Crippen LogP contribution in [-0.4, -0.2) is 9.97 Å². The van der Waals surface area contributed by atoms with Gasteiger partial charge in [0.05, 0.1) is 15.6 Å². The highest BCUT2D eigenvalue weighted by Crippen LogP contribution is 2.41. The second kappa shape index (κ2) is 6.55. The maximum absolute atomic E-state index is 9.48. The van der Waals surface area contributed by atoms with Gasteiger partial charge in [-0.05, 0) is 36.2 Å². The van der Waals surface area contributed by atoms with Crippen LogP contribution in [0.25, 0.3) is 10.4 Å². The van der Waals surface area contributed by atoms with Crippen LogP contribution < -0.4 is 5.32 Å². The van der Waals surface area contributed by atoms with Crippen molar-refractivity contribution in [3.63, 3.8) is 0 Å². The number of nitrogens with zero attached hydrogens (tertiary/aromatic N) is 3. The van der Waals surface area contributed by atoms with Gasteiger partial charge in [0.2, 0.25) is 0 Å². The number of halogens is 2. The Morgan fingerprint density at radius 1 is 1.26 bits per heavy atom. The highest BCUT2D eigenvalue weighted by atomic mass is 35.5. The Bertz CT molecular complexity index is 900. The van der Waals surface area contributed by atoms with Crippen LogP contribution in [0.1, 0.15) is 11.1 Å². The smallest absolute Gasteiger partial charge is 0.149 e. The molecule has 114 valence electrons. The molecule has 0 unspecified atom stereocenters. The van der Waals surface area contributed by atoms with Crippen LogP contribution >= 0.6 is 34.5 Å². The van der Waals surface area contributed by atoms with Gasteiger partial charge in [-0.15, -0.1) is 11.3 Å². The van der Waals surface area contributed by atoms with Gasteiger partial charge in [0.25, 0.3) is 0 Å². The summed E-state index contributed by atoms with van der Waals surface area (Å²) in [6.45, 7) is 1.92. The van der Waals surface area contributed by atoms with Crippen molar-refractivity contribution < 1.29 is 0 Å². The number of rotatable bonds is 3. The largest absolute Gasteiger partial charge is 0.330 e. The fourth-order valence-corrected chi connectivity index (χ4v) is 3.72. The van der Waals surface area contributed by atoms with Crippen LogP contribution in [0.15, 0.2) is 36.8 Å². The zero-order valence-corrected chi connectivity index (χ0v) is 14.3. The van der Waals surface area contributed by atoms with E-state index in [1.807, 2.05) is 19.1 Å². The summed E-state index contributed by atoms with van der Waals surface area (Å²) in [6.07, 6.45) is 4.96. The predicted molar refractivity (Wildman–Crippen MR) is 94.5 cm³/mol. The van der Waals surface area contributed by atoms with Crippen LogP contribution in [0, 0.1) is 18.3 Å². The lowest BCUT2D eigenvalue weighted by Crippen LogP contribution is -1.94. The number of aromatic nitrogens is 2. The molecule has 3 aromatic rings. The molecule has 0 bridgehead atoms. The van der Waals surface area contributed by atoms with Gasteiger partial charge in [-0.1, -0.05) is 23.2 Å². The quantitative estimate of drug-likeness (QED) is 0.675. The van der Waals surface area contributed by atoms with Gasteiger partial charge in [0.1, 0.15) is 16.9 Å². The Labute approximate surface area is 147 Å². The summed E-state index contributed by atoms with van der Waals surface area (Å²) in [5.74, 6) is 0.468. The Balaban J connectivity index is 2.05. The minimum Gasteiger partial charge on any atom is -0.330 e. The minimum atomic E-state index is 0.401. The standard InChI is InChI=1S/C16H10Cl2N4S/c1-9-12(7-19)16(22-15-13(18)6-11(17)8-21-15)23-14(9)10-2-4-20-5-3-10/h2-6,8H,1H3,(H,21,22). The number of pyridine rings is 2. The number of anilines is 2.